The highest BCUT2D eigenvalue weighted by atomic mass is 15.5. The van der Waals surface area contributed by atoms with Crippen molar-refractivity contribution in [3.63, 3.8) is 0 Å². The van der Waals surface area contributed by atoms with Crippen molar-refractivity contribution in [1.29, 1.82) is 0 Å². The quantitative estimate of drug-likeness (QED) is 0.260. The van der Waals surface area contributed by atoms with Crippen LogP contribution in [-0.2, 0) is 34.0 Å². The van der Waals surface area contributed by atoms with E-state index in [-0.39, 0.29) is 27.3 Å². The Bertz CT molecular complexity index is 1800. The molecule has 49 heavy (non-hydrogen) atoms. The summed E-state index contributed by atoms with van der Waals surface area (Å²) in [7, 11) is 6.86. The molecule has 3 aromatic rings. The molecule has 7 heteroatoms. The Morgan fingerprint density at radius 1 is 0.796 bits per heavy atom. The summed E-state index contributed by atoms with van der Waals surface area (Å²) in [6, 6.07) is 13.7. The number of rotatable bonds is 7. The van der Waals surface area contributed by atoms with Gasteiger partial charge in [-0.15, -0.1) is 0 Å². The van der Waals surface area contributed by atoms with Crippen LogP contribution in [0, 0.1) is 22.2 Å². The van der Waals surface area contributed by atoms with Crippen molar-refractivity contribution in [1.82, 2.24) is 18.6 Å². The maximum Gasteiger partial charge on any atom is 0.110 e. The average Bonchev–Trinajstić information content (AvgIpc) is 3.93. The van der Waals surface area contributed by atoms with Crippen LogP contribution in [0.15, 0.2) is 42.7 Å². The van der Waals surface area contributed by atoms with Crippen LogP contribution in [0.25, 0.3) is 0 Å². The van der Waals surface area contributed by atoms with E-state index in [1.165, 1.54) is 80.3 Å². The molecule has 0 amide bonds. The Hall–Kier alpha value is -2.80. The molecule has 11 atom stereocenters. The maximum atomic E-state index is 2.87. The van der Waals surface area contributed by atoms with E-state index in [4.69, 9.17) is 0 Å². The molecule has 2 saturated carbocycles. The predicted octanol–water partition coefficient (Wildman–Crippen LogP) is 7.58. The normalized spacial score (nSPS) is 43.7. The number of aromatic nitrogens is 3. The first-order valence-electron chi connectivity index (χ1n) is 19.6. The van der Waals surface area contributed by atoms with Gasteiger partial charge >= 0.3 is 0 Å². The monoisotopic (exact) mass is 666 g/mol. The van der Waals surface area contributed by atoms with Crippen molar-refractivity contribution in [2.75, 3.05) is 27.8 Å². The molecule has 0 radical (unpaired) electrons. The van der Waals surface area contributed by atoms with Gasteiger partial charge < -0.3 is 28.4 Å². The van der Waals surface area contributed by atoms with Crippen LogP contribution in [0.4, 0.5) is 17.5 Å². The lowest BCUT2D eigenvalue weighted by Crippen LogP contribution is -2.52. The number of anilines is 3. The molecule has 6 aliphatic rings. The second-order valence-electron chi connectivity index (χ2n) is 19.0. The summed E-state index contributed by atoms with van der Waals surface area (Å²) in [6.45, 7) is 22.8. The van der Waals surface area contributed by atoms with Crippen LogP contribution in [-0.4, -0.2) is 67.1 Å². The number of hydrogen-bond donors (Lipinski definition) is 0. The SMILES string of the molecule is C[C@@H]1N(c2cccn2C)C2(C)CCC1(C)C2(C)Cc1ccc(N2C3CCC([C@@H]2C)C3(C)Cc2cc(N3[C@@H](C)N4CCC3(C)C4)n(C)c2)n1C. The molecular weight excluding hydrogens is 603 g/mol. The van der Waals surface area contributed by atoms with E-state index in [1.807, 2.05) is 0 Å². The third kappa shape index (κ3) is 3.79. The van der Waals surface area contributed by atoms with E-state index in [9.17, 15) is 0 Å². The van der Waals surface area contributed by atoms with Gasteiger partial charge in [-0.3, -0.25) is 4.90 Å². The maximum absolute atomic E-state index is 2.87. The van der Waals surface area contributed by atoms with E-state index in [0.717, 1.165) is 6.42 Å². The molecule has 7 heterocycles. The van der Waals surface area contributed by atoms with Gasteiger partial charge in [-0.25, -0.2) is 0 Å². The van der Waals surface area contributed by atoms with Gasteiger partial charge in [0.05, 0.1) is 11.7 Å². The fourth-order valence-electron chi connectivity index (χ4n) is 13.9. The third-order valence-electron chi connectivity index (χ3n) is 17.1. The lowest BCUT2D eigenvalue weighted by Gasteiger charge is -2.46. The Kier molecular flexibility index (Phi) is 6.53. The molecular formula is C42H63N7. The Morgan fingerprint density at radius 3 is 2.27 bits per heavy atom. The molecule has 9 rings (SSSR count). The van der Waals surface area contributed by atoms with Gasteiger partial charge in [-0.2, -0.15) is 0 Å². The van der Waals surface area contributed by atoms with Gasteiger partial charge in [0.25, 0.3) is 0 Å². The highest BCUT2D eigenvalue weighted by molar-refractivity contribution is 5.55. The largest absolute Gasteiger partial charge is 0.351 e. The van der Waals surface area contributed by atoms with Crippen molar-refractivity contribution in [3.8, 4) is 0 Å². The van der Waals surface area contributed by atoms with Crippen molar-refractivity contribution in [2.24, 2.45) is 43.3 Å². The molecule has 4 aliphatic heterocycles. The van der Waals surface area contributed by atoms with Gasteiger partial charge in [0, 0.05) is 81.4 Å². The van der Waals surface area contributed by atoms with E-state index >= 15 is 0 Å². The van der Waals surface area contributed by atoms with Gasteiger partial charge in [0.1, 0.15) is 17.5 Å². The van der Waals surface area contributed by atoms with Gasteiger partial charge in [0.2, 0.25) is 0 Å². The molecule has 7 nitrogen and oxygen atoms in total. The van der Waals surface area contributed by atoms with E-state index in [2.05, 4.69) is 153 Å². The first-order chi connectivity index (χ1) is 23.1. The Balaban J connectivity index is 0.993. The van der Waals surface area contributed by atoms with E-state index < -0.39 is 0 Å². The Morgan fingerprint density at radius 2 is 1.57 bits per heavy atom. The molecule has 0 spiro atoms. The molecule has 0 N–H and O–H groups in total. The minimum Gasteiger partial charge on any atom is -0.351 e. The zero-order valence-corrected chi connectivity index (χ0v) is 32.4. The van der Waals surface area contributed by atoms with Gasteiger partial charge in [0.15, 0.2) is 0 Å². The van der Waals surface area contributed by atoms with Crippen LogP contribution in [0.5, 0.6) is 0 Å². The van der Waals surface area contributed by atoms with Gasteiger partial charge in [-0.1, -0.05) is 20.8 Å². The second kappa shape index (κ2) is 9.95. The average molecular weight is 666 g/mol. The summed E-state index contributed by atoms with van der Waals surface area (Å²) in [5.74, 6) is 4.94. The molecule has 0 aromatic carbocycles. The molecule has 266 valence electrons. The summed E-state index contributed by atoms with van der Waals surface area (Å²) in [5, 5.41) is 0. The van der Waals surface area contributed by atoms with E-state index in [1.54, 1.807) is 0 Å². The second-order valence-corrected chi connectivity index (χ2v) is 19.0. The first-order valence-corrected chi connectivity index (χ1v) is 19.6. The lowest BCUT2D eigenvalue weighted by molar-refractivity contribution is 0.106. The Labute approximate surface area is 296 Å². The highest BCUT2D eigenvalue weighted by Crippen LogP contribution is 2.70. The smallest absolute Gasteiger partial charge is 0.110 e. The molecule has 2 aliphatic carbocycles. The minimum absolute atomic E-state index is 0.117. The summed E-state index contributed by atoms with van der Waals surface area (Å²) < 4.78 is 7.37. The molecule has 6 bridgehead atoms. The fraction of sp³-hybridized carbons (Fsp3) is 0.714. The predicted molar refractivity (Wildman–Crippen MR) is 203 cm³/mol. The number of hydrogen-bond acceptors (Lipinski definition) is 4. The number of fused-ring (bicyclic) bond motifs is 6. The van der Waals surface area contributed by atoms with Crippen molar-refractivity contribution < 1.29 is 0 Å². The minimum atomic E-state index is 0.117. The fourth-order valence-corrected chi connectivity index (χ4v) is 13.9. The topological polar surface area (TPSA) is 27.8 Å². The standard InChI is InChI=1S/C42H63N7/c1-28-33-15-16-34(39(33,5)24-31-23-37(44(10)26-31)49-30(3)46-22-20-38(49,4)27-46)47(28)36-17-14-32(45(36)11)25-41(7)40(6)18-19-42(41,8)48(29(40)2)35-13-12-21-43(35)9/h12-14,17,21,23,26,28-30,33-34H,15-16,18-20,22,24-25,27H2,1-11H3/t28-,29-,30-,33?,34?,38?,39?,40?,41?,42?/m0/s1. The highest BCUT2D eigenvalue weighted by Gasteiger charge is 2.72. The first kappa shape index (κ1) is 32.1. The molecule has 4 saturated heterocycles. The van der Waals surface area contributed by atoms with Crippen LogP contribution in [0.1, 0.15) is 98.8 Å². The molecule has 3 aromatic heterocycles. The molecule has 6 fully saturated rings. The van der Waals surface area contributed by atoms with Crippen LogP contribution < -0.4 is 14.7 Å². The molecule has 8 unspecified atom stereocenters. The zero-order chi connectivity index (χ0) is 34.6. The van der Waals surface area contributed by atoms with Crippen LogP contribution in [0.2, 0.25) is 0 Å². The van der Waals surface area contributed by atoms with Crippen LogP contribution in [0.3, 0.4) is 0 Å². The van der Waals surface area contributed by atoms with Gasteiger partial charge in [-0.05, 0) is 132 Å². The number of piperidine rings is 2. The number of nitrogens with zero attached hydrogens (tertiary/aromatic N) is 7. The van der Waals surface area contributed by atoms with E-state index in [0.29, 0.717) is 30.2 Å². The lowest BCUT2D eigenvalue weighted by atomic mass is 9.61. The third-order valence-corrected chi connectivity index (χ3v) is 17.1. The zero-order valence-electron chi connectivity index (χ0n) is 32.4. The van der Waals surface area contributed by atoms with Crippen molar-refractivity contribution >= 4 is 17.5 Å². The van der Waals surface area contributed by atoms with Crippen molar-refractivity contribution in [3.05, 3.63) is 54.0 Å². The van der Waals surface area contributed by atoms with Crippen molar-refractivity contribution in [2.45, 2.75) is 136 Å². The summed E-state index contributed by atoms with van der Waals surface area (Å²) >= 11 is 0. The summed E-state index contributed by atoms with van der Waals surface area (Å²) in [4.78, 5) is 11.1. The summed E-state index contributed by atoms with van der Waals surface area (Å²) in [6.07, 6.45) is 13.9. The number of aryl methyl sites for hydroxylation is 2. The van der Waals surface area contributed by atoms with Crippen LogP contribution >= 0.6 is 0 Å². The summed E-state index contributed by atoms with van der Waals surface area (Å²) in [5.41, 5.74) is 4.10.